The van der Waals surface area contributed by atoms with Gasteiger partial charge in [-0.1, -0.05) is 18.1 Å². The van der Waals surface area contributed by atoms with Crippen LogP contribution in [0.5, 0.6) is 0 Å². The molecule has 0 rings (SSSR count). The Labute approximate surface area is 99.1 Å². The predicted octanol–water partition coefficient (Wildman–Crippen LogP) is 0.136. The molecule has 0 unspecified atom stereocenters. The van der Waals surface area contributed by atoms with Crippen LogP contribution < -0.4 is 12.4 Å². The van der Waals surface area contributed by atoms with Crippen molar-refractivity contribution >= 4 is 23.1 Å². The van der Waals surface area contributed by atoms with Crippen LogP contribution in [0.4, 0.5) is 0 Å². The quantitative estimate of drug-likeness (QED) is 0.343. The second-order valence-electron chi connectivity index (χ2n) is 2.87. The fraction of sp³-hybridized carbons (Fsp3) is 0.500. The molecule has 2 heteroatoms. The van der Waals surface area contributed by atoms with Crippen LogP contribution in [-0.2, 0) is 0 Å². The molecule has 0 N–H and O–H groups in total. The monoisotopic (exact) mass is 196 g/mol. The minimum Gasteiger partial charge on any atom is -1.00 e. The molecule has 0 aliphatic rings. The van der Waals surface area contributed by atoms with Crippen molar-refractivity contribution in [2.45, 2.75) is 33.6 Å². The average Bonchev–Trinajstić information content (AvgIpc) is 1.87. The van der Waals surface area contributed by atoms with E-state index in [2.05, 4.69) is 33.8 Å². The summed E-state index contributed by atoms with van der Waals surface area (Å²) in [5.74, 6) is 0. The largest absolute Gasteiger partial charge is 2.00 e. The van der Waals surface area contributed by atoms with Gasteiger partial charge in [0, 0.05) is 0 Å². The van der Waals surface area contributed by atoms with E-state index in [9.17, 15) is 0 Å². The normalized spacial score (nSPS) is 9.42. The Morgan fingerprint density at radius 2 is 1.75 bits per heavy atom. The maximum atomic E-state index is 3.70. The van der Waals surface area contributed by atoms with Crippen molar-refractivity contribution < 1.29 is 12.4 Å². The number of halogens is 1. The molecule has 0 spiro atoms. The summed E-state index contributed by atoms with van der Waals surface area (Å²) in [6.45, 7) is 10.1. The van der Waals surface area contributed by atoms with Crippen LogP contribution in [0.25, 0.3) is 0 Å². The zero-order chi connectivity index (χ0) is 7.98. The number of hydrogen-bond donors (Lipinski definition) is 0. The number of hydrogen-bond acceptors (Lipinski definition) is 0. The summed E-state index contributed by atoms with van der Waals surface area (Å²) in [5, 5.41) is 0. The smallest absolute Gasteiger partial charge is 1.00 e. The molecule has 0 heterocycles. The first kappa shape index (κ1) is 18.2. The van der Waals surface area contributed by atoms with E-state index >= 15 is 0 Å². The maximum Gasteiger partial charge on any atom is 2.00 e. The summed E-state index contributed by atoms with van der Waals surface area (Å²) >= 11 is 0. The summed E-state index contributed by atoms with van der Waals surface area (Å²) in [7, 11) is 0. The van der Waals surface area contributed by atoms with Crippen molar-refractivity contribution in [1.29, 1.82) is 0 Å². The Morgan fingerprint density at radius 1 is 1.25 bits per heavy atom. The average molecular weight is 197 g/mol. The maximum absolute atomic E-state index is 3.70. The van der Waals surface area contributed by atoms with E-state index in [4.69, 9.17) is 0 Å². The van der Waals surface area contributed by atoms with Gasteiger partial charge in [0.15, 0.2) is 0 Å². The van der Waals surface area contributed by atoms with Crippen LogP contribution in [0.2, 0.25) is 0 Å². The standard InChI is InChI=1S/C10H17.ClH.Mg/c1-5-10(4)8-6-7-9(2)3;;/h5,7H,1,6,8H2,2-4H3;1H;/q-1;;+2/p-1. The van der Waals surface area contributed by atoms with Crippen LogP contribution in [0.15, 0.2) is 23.3 Å². The molecule has 0 atom stereocenters. The van der Waals surface area contributed by atoms with Gasteiger partial charge in [0.2, 0.25) is 0 Å². The van der Waals surface area contributed by atoms with E-state index in [-0.39, 0.29) is 35.5 Å². The van der Waals surface area contributed by atoms with Crippen LogP contribution in [0.3, 0.4) is 0 Å². The minimum atomic E-state index is 0. The summed E-state index contributed by atoms with van der Waals surface area (Å²) < 4.78 is 0. The summed E-state index contributed by atoms with van der Waals surface area (Å²) in [4.78, 5) is 0. The Morgan fingerprint density at radius 3 is 2.08 bits per heavy atom. The van der Waals surface area contributed by atoms with Gasteiger partial charge in [0.25, 0.3) is 0 Å². The molecule has 66 valence electrons. The Kier molecular flexibility index (Phi) is 17.3. The number of allylic oxidation sites excluding steroid dienone is 4. The third kappa shape index (κ3) is 13.0. The molecule has 0 saturated heterocycles. The molecule has 0 radical (unpaired) electrons. The molecule has 0 aromatic carbocycles. The van der Waals surface area contributed by atoms with Gasteiger partial charge in [-0.3, -0.25) is 0 Å². The van der Waals surface area contributed by atoms with Gasteiger partial charge >= 0.3 is 23.1 Å². The summed E-state index contributed by atoms with van der Waals surface area (Å²) in [5.41, 5.74) is 2.77. The SMILES string of the molecule is [CH2-]C=C(C)CCC=C(C)C.[Cl-].[Mg+2]. The van der Waals surface area contributed by atoms with E-state index in [1.807, 2.05) is 6.08 Å². The van der Waals surface area contributed by atoms with Crippen molar-refractivity contribution in [2.24, 2.45) is 0 Å². The van der Waals surface area contributed by atoms with E-state index in [0.717, 1.165) is 12.8 Å². The fourth-order valence-corrected chi connectivity index (χ4v) is 0.691. The molecule has 0 nitrogen and oxygen atoms in total. The Hall–Kier alpha value is 0.406. The molecule has 0 amide bonds. The van der Waals surface area contributed by atoms with Gasteiger partial charge in [-0.2, -0.15) is 0 Å². The zero-order valence-electron chi connectivity index (χ0n) is 8.36. The molecule has 0 bridgehead atoms. The van der Waals surface area contributed by atoms with Crippen molar-refractivity contribution in [3.8, 4) is 0 Å². The first-order chi connectivity index (χ1) is 4.66. The van der Waals surface area contributed by atoms with Gasteiger partial charge in [-0.25, -0.2) is 18.6 Å². The van der Waals surface area contributed by atoms with Crippen LogP contribution in [0, 0.1) is 6.92 Å². The van der Waals surface area contributed by atoms with E-state index in [1.165, 1.54) is 11.1 Å². The van der Waals surface area contributed by atoms with Crippen LogP contribution >= 0.6 is 0 Å². The van der Waals surface area contributed by atoms with Gasteiger partial charge in [-0.15, -0.1) is 6.92 Å². The molecule has 0 aliphatic heterocycles. The van der Waals surface area contributed by atoms with E-state index < -0.39 is 0 Å². The van der Waals surface area contributed by atoms with Gasteiger partial charge in [0.1, 0.15) is 0 Å². The molecule has 0 saturated carbocycles. The van der Waals surface area contributed by atoms with Crippen molar-refractivity contribution in [3.63, 3.8) is 0 Å². The van der Waals surface area contributed by atoms with Crippen LogP contribution in [0.1, 0.15) is 33.6 Å². The van der Waals surface area contributed by atoms with E-state index in [1.54, 1.807) is 0 Å². The minimum absolute atomic E-state index is 0. The zero-order valence-corrected chi connectivity index (χ0v) is 10.5. The molecular formula is C10H17ClMg. The molecule has 0 aromatic rings. The molecule has 0 aliphatic carbocycles. The summed E-state index contributed by atoms with van der Waals surface area (Å²) in [6.07, 6.45) is 6.49. The van der Waals surface area contributed by atoms with Crippen molar-refractivity contribution in [3.05, 3.63) is 30.2 Å². The third-order valence-electron chi connectivity index (χ3n) is 1.44. The Bertz CT molecular complexity index is 144. The summed E-state index contributed by atoms with van der Waals surface area (Å²) in [6, 6.07) is 0. The van der Waals surface area contributed by atoms with Gasteiger partial charge < -0.3 is 12.4 Å². The molecule has 12 heavy (non-hydrogen) atoms. The second-order valence-corrected chi connectivity index (χ2v) is 2.87. The van der Waals surface area contributed by atoms with Gasteiger partial charge in [-0.05, 0) is 20.3 Å². The number of rotatable bonds is 3. The van der Waals surface area contributed by atoms with Gasteiger partial charge in [0.05, 0.1) is 0 Å². The fourth-order valence-electron chi connectivity index (χ4n) is 0.691. The van der Waals surface area contributed by atoms with Crippen molar-refractivity contribution in [2.75, 3.05) is 0 Å². The van der Waals surface area contributed by atoms with E-state index in [0.29, 0.717) is 0 Å². The first-order valence-corrected chi connectivity index (χ1v) is 3.75. The predicted molar refractivity (Wildman–Crippen MR) is 53.5 cm³/mol. The Balaban J connectivity index is -0.000000405. The first-order valence-electron chi connectivity index (χ1n) is 3.75. The molecular weight excluding hydrogens is 180 g/mol. The van der Waals surface area contributed by atoms with Crippen LogP contribution in [-0.4, -0.2) is 23.1 Å². The second kappa shape index (κ2) is 11.4. The van der Waals surface area contributed by atoms with Crippen molar-refractivity contribution in [1.82, 2.24) is 0 Å². The molecule has 0 fully saturated rings. The third-order valence-corrected chi connectivity index (χ3v) is 1.44. The molecule has 0 aromatic heterocycles. The topological polar surface area (TPSA) is 0 Å².